The standard InChI is InChI=1S/C9H14O/c1-3-8(4-1)5-2-6-9(8)7-10-9/h1-7H2. The van der Waals surface area contributed by atoms with Crippen LogP contribution in [0.25, 0.3) is 0 Å². The van der Waals surface area contributed by atoms with E-state index in [0.29, 0.717) is 11.0 Å². The van der Waals surface area contributed by atoms with Crippen molar-refractivity contribution in [1.82, 2.24) is 0 Å². The highest BCUT2D eigenvalue weighted by Gasteiger charge is 2.65. The van der Waals surface area contributed by atoms with Gasteiger partial charge in [0.25, 0.3) is 0 Å². The molecule has 2 aliphatic carbocycles. The van der Waals surface area contributed by atoms with Gasteiger partial charge in [0.2, 0.25) is 0 Å². The van der Waals surface area contributed by atoms with Gasteiger partial charge in [0.05, 0.1) is 12.2 Å². The topological polar surface area (TPSA) is 12.5 Å². The van der Waals surface area contributed by atoms with E-state index in [-0.39, 0.29) is 0 Å². The van der Waals surface area contributed by atoms with E-state index in [2.05, 4.69) is 0 Å². The van der Waals surface area contributed by atoms with Crippen molar-refractivity contribution in [2.45, 2.75) is 44.1 Å². The summed E-state index contributed by atoms with van der Waals surface area (Å²) in [6, 6.07) is 0. The molecular formula is C9H14O. The highest BCUT2D eigenvalue weighted by Crippen LogP contribution is 2.65. The lowest BCUT2D eigenvalue weighted by molar-refractivity contribution is 0.0460. The first kappa shape index (κ1) is 5.59. The molecule has 0 radical (unpaired) electrons. The predicted molar refractivity (Wildman–Crippen MR) is 38.8 cm³/mol. The molecule has 3 aliphatic rings. The van der Waals surface area contributed by atoms with Crippen molar-refractivity contribution in [3.63, 3.8) is 0 Å². The van der Waals surface area contributed by atoms with E-state index < -0.39 is 0 Å². The second kappa shape index (κ2) is 1.42. The van der Waals surface area contributed by atoms with E-state index in [4.69, 9.17) is 4.74 Å². The molecule has 1 heterocycles. The Balaban J connectivity index is 1.94. The second-order valence-corrected chi connectivity index (χ2v) is 4.27. The van der Waals surface area contributed by atoms with Crippen LogP contribution in [0.15, 0.2) is 0 Å². The van der Waals surface area contributed by atoms with Gasteiger partial charge >= 0.3 is 0 Å². The Bertz CT molecular complexity index is 166. The predicted octanol–water partition coefficient (Wildman–Crippen LogP) is 2.11. The molecule has 0 aromatic heterocycles. The summed E-state index contributed by atoms with van der Waals surface area (Å²) in [7, 11) is 0. The largest absolute Gasteiger partial charge is 0.369 e. The molecule has 0 bridgehead atoms. The first-order valence-corrected chi connectivity index (χ1v) is 4.51. The minimum absolute atomic E-state index is 0.436. The lowest BCUT2D eigenvalue weighted by Gasteiger charge is -2.42. The molecule has 1 aliphatic heterocycles. The van der Waals surface area contributed by atoms with Gasteiger partial charge in [-0.3, -0.25) is 0 Å². The Kier molecular flexibility index (Phi) is 0.797. The zero-order valence-electron chi connectivity index (χ0n) is 6.36. The Morgan fingerprint density at radius 2 is 1.50 bits per heavy atom. The molecule has 1 heteroatoms. The van der Waals surface area contributed by atoms with Gasteiger partial charge in [-0.25, -0.2) is 0 Å². The van der Waals surface area contributed by atoms with Gasteiger partial charge in [0.1, 0.15) is 0 Å². The maximum Gasteiger partial charge on any atom is 0.0972 e. The van der Waals surface area contributed by atoms with E-state index >= 15 is 0 Å². The number of rotatable bonds is 0. The van der Waals surface area contributed by atoms with Crippen LogP contribution in [0.5, 0.6) is 0 Å². The van der Waals surface area contributed by atoms with Crippen molar-refractivity contribution in [3.8, 4) is 0 Å². The molecule has 1 atom stereocenters. The molecule has 56 valence electrons. The van der Waals surface area contributed by atoms with Crippen LogP contribution < -0.4 is 0 Å². The van der Waals surface area contributed by atoms with Gasteiger partial charge in [-0.1, -0.05) is 6.42 Å². The van der Waals surface area contributed by atoms with Crippen molar-refractivity contribution in [1.29, 1.82) is 0 Å². The molecule has 2 saturated carbocycles. The Morgan fingerprint density at radius 1 is 0.900 bits per heavy atom. The van der Waals surface area contributed by atoms with Gasteiger partial charge < -0.3 is 4.74 Å². The van der Waals surface area contributed by atoms with Gasteiger partial charge in [0.15, 0.2) is 0 Å². The van der Waals surface area contributed by atoms with E-state index in [1.54, 1.807) is 0 Å². The fourth-order valence-corrected chi connectivity index (χ4v) is 3.05. The molecular weight excluding hydrogens is 124 g/mol. The van der Waals surface area contributed by atoms with Crippen LogP contribution in [0, 0.1) is 5.41 Å². The van der Waals surface area contributed by atoms with Crippen molar-refractivity contribution in [3.05, 3.63) is 0 Å². The monoisotopic (exact) mass is 138 g/mol. The molecule has 0 aromatic carbocycles. The summed E-state index contributed by atoms with van der Waals surface area (Å²) in [5, 5.41) is 0. The molecule has 3 rings (SSSR count). The molecule has 1 saturated heterocycles. The van der Waals surface area contributed by atoms with Crippen molar-refractivity contribution < 1.29 is 4.74 Å². The Morgan fingerprint density at radius 3 is 1.90 bits per heavy atom. The zero-order chi connectivity index (χ0) is 6.66. The van der Waals surface area contributed by atoms with Crippen molar-refractivity contribution in [2.24, 2.45) is 5.41 Å². The fraction of sp³-hybridized carbons (Fsp3) is 1.00. The fourth-order valence-electron chi connectivity index (χ4n) is 3.05. The van der Waals surface area contributed by atoms with Crippen LogP contribution in [0.3, 0.4) is 0 Å². The summed E-state index contributed by atoms with van der Waals surface area (Å²) in [4.78, 5) is 0. The third-order valence-electron chi connectivity index (χ3n) is 4.01. The third-order valence-corrected chi connectivity index (χ3v) is 4.01. The lowest BCUT2D eigenvalue weighted by atomic mass is 9.62. The number of fused-ring (bicyclic) bond motifs is 1. The average molecular weight is 138 g/mol. The maximum atomic E-state index is 5.61. The van der Waals surface area contributed by atoms with Crippen LogP contribution in [0.4, 0.5) is 0 Å². The lowest BCUT2D eigenvalue weighted by Crippen LogP contribution is -2.39. The van der Waals surface area contributed by atoms with Crippen molar-refractivity contribution in [2.75, 3.05) is 6.61 Å². The quantitative estimate of drug-likeness (QED) is 0.467. The highest BCUT2D eigenvalue weighted by atomic mass is 16.6. The average Bonchev–Trinajstić information content (AvgIpc) is 2.40. The van der Waals surface area contributed by atoms with Crippen LogP contribution in [-0.4, -0.2) is 12.2 Å². The Hall–Kier alpha value is -0.0400. The summed E-state index contributed by atoms with van der Waals surface area (Å²) < 4.78 is 5.61. The number of hydrogen-bond donors (Lipinski definition) is 0. The summed E-state index contributed by atoms with van der Waals surface area (Å²) in [5.74, 6) is 0. The second-order valence-electron chi connectivity index (χ2n) is 4.27. The Labute approximate surface area is 61.8 Å². The molecule has 10 heavy (non-hydrogen) atoms. The van der Waals surface area contributed by atoms with Gasteiger partial charge in [-0.05, 0) is 32.1 Å². The van der Waals surface area contributed by atoms with Gasteiger partial charge in [-0.15, -0.1) is 0 Å². The molecule has 3 fully saturated rings. The molecule has 2 spiro atoms. The first-order chi connectivity index (χ1) is 4.87. The number of ether oxygens (including phenoxy) is 1. The minimum Gasteiger partial charge on any atom is -0.369 e. The zero-order valence-corrected chi connectivity index (χ0v) is 6.36. The van der Waals surface area contributed by atoms with E-state index in [1.807, 2.05) is 0 Å². The summed E-state index contributed by atoms with van der Waals surface area (Å²) >= 11 is 0. The normalized spacial score (nSPS) is 48.0. The maximum absolute atomic E-state index is 5.61. The molecule has 1 nitrogen and oxygen atoms in total. The minimum atomic E-state index is 0.436. The smallest absolute Gasteiger partial charge is 0.0972 e. The van der Waals surface area contributed by atoms with Crippen molar-refractivity contribution >= 4 is 0 Å². The highest BCUT2D eigenvalue weighted by molar-refractivity contribution is 5.14. The molecule has 1 unspecified atom stereocenters. The van der Waals surface area contributed by atoms with Gasteiger partial charge in [0, 0.05) is 5.41 Å². The van der Waals surface area contributed by atoms with E-state index in [1.165, 1.54) is 38.5 Å². The summed E-state index contributed by atoms with van der Waals surface area (Å²) in [6.07, 6.45) is 8.66. The van der Waals surface area contributed by atoms with Crippen LogP contribution >= 0.6 is 0 Å². The molecule has 0 N–H and O–H groups in total. The number of hydrogen-bond acceptors (Lipinski definition) is 1. The number of epoxide rings is 1. The first-order valence-electron chi connectivity index (χ1n) is 4.51. The summed E-state index contributed by atoms with van der Waals surface area (Å²) in [6.45, 7) is 1.09. The van der Waals surface area contributed by atoms with Gasteiger partial charge in [-0.2, -0.15) is 0 Å². The van der Waals surface area contributed by atoms with Crippen LogP contribution in [-0.2, 0) is 4.74 Å². The third kappa shape index (κ3) is 0.430. The van der Waals surface area contributed by atoms with E-state index in [0.717, 1.165) is 6.61 Å². The van der Waals surface area contributed by atoms with E-state index in [9.17, 15) is 0 Å². The SMILES string of the molecule is C1CC2(C1)CCCC21CO1. The molecule has 0 aromatic rings. The van der Waals surface area contributed by atoms with Crippen LogP contribution in [0.1, 0.15) is 38.5 Å². The van der Waals surface area contributed by atoms with Crippen LogP contribution in [0.2, 0.25) is 0 Å². The molecule has 0 amide bonds. The summed E-state index contributed by atoms with van der Waals surface area (Å²) in [5.41, 5.74) is 1.14.